The van der Waals surface area contributed by atoms with Crippen LogP contribution in [0.5, 0.6) is 11.5 Å². The molecule has 3 aliphatic rings. The molecular formula is C33H52O9. The number of aryl methyl sites for hydroxylation is 1. The smallest absolute Gasteiger partial charge is 0.186 e. The summed E-state index contributed by atoms with van der Waals surface area (Å²) in [5.41, 5.74) is 3.63. The Morgan fingerprint density at radius 3 is 2.38 bits per heavy atom. The van der Waals surface area contributed by atoms with Crippen molar-refractivity contribution >= 4 is 0 Å². The molecule has 0 spiro atoms. The number of hydrogen-bond donors (Lipinski definition) is 3. The molecule has 42 heavy (non-hydrogen) atoms. The summed E-state index contributed by atoms with van der Waals surface area (Å²) in [4.78, 5) is 0. The standard InChI is InChI=1S/C33H52O9/c1-6-7-8-9-23-19-26(28-24-18-21(2)10-11-25(24)33(4,5)42-27(28)20-23)39-16-14-37-12-13-38-15-17-40-32-31(36)30(35)29(34)22(3)41-32/h18-20,22,24-25,29-32,34-36H,6-17H2,1-5H3/t22-,24?,25?,29-,30+,31+,32+/m0/s1. The van der Waals surface area contributed by atoms with Crippen LogP contribution in [-0.2, 0) is 25.4 Å². The first-order valence-electron chi connectivity index (χ1n) is 15.7. The van der Waals surface area contributed by atoms with Crippen molar-refractivity contribution in [1.82, 2.24) is 0 Å². The van der Waals surface area contributed by atoms with E-state index >= 15 is 0 Å². The van der Waals surface area contributed by atoms with Gasteiger partial charge in [-0.25, -0.2) is 0 Å². The number of aliphatic hydroxyl groups excluding tert-OH is 3. The maximum atomic E-state index is 10.0. The number of fused-ring (bicyclic) bond motifs is 3. The molecule has 0 amide bonds. The summed E-state index contributed by atoms with van der Waals surface area (Å²) in [7, 11) is 0. The van der Waals surface area contributed by atoms with Crippen LogP contribution < -0.4 is 9.47 Å². The van der Waals surface area contributed by atoms with E-state index in [0.717, 1.165) is 37.2 Å². The molecule has 1 aromatic carbocycles. The largest absolute Gasteiger partial charge is 0.491 e. The molecule has 0 bridgehead atoms. The maximum Gasteiger partial charge on any atom is 0.186 e. The van der Waals surface area contributed by atoms with Crippen LogP contribution in [0.1, 0.15) is 83.8 Å². The first-order valence-corrected chi connectivity index (χ1v) is 15.7. The molecule has 3 N–H and O–H groups in total. The van der Waals surface area contributed by atoms with Crippen LogP contribution in [-0.4, -0.2) is 91.3 Å². The van der Waals surface area contributed by atoms with Gasteiger partial charge in [-0.15, -0.1) is 0 Å². The van der Waals surface area contributed by atoms with Crippen LogP contribution in [0.4, 0.5) is 0 Å². The minimum absolute atomic E-state index is 0.176. The van der Waals surface area contributed by atoms with Gasteiger partial charge in [0.25, 0.3) is 0 Å². The molecule has 1 aromatic rings. The van der Waals surface area contributed by atoms with E-state index in [9.17, 15) is 15.3 Å². The molecule has 238 valence electrons. The number of aliphatic hydroxyl groups is 3. The van der Waals surface area contributed by atoms with Gasteiger partial charge in [0.15, 0.2) is 6.29 Å². The molecule has 0 saturated carbocycles. The molecule has 9 nitrogen and oxygen atoms in total. The highest BCUT2D eigenvalue weighted by molar-refractivity contribution is 5.54. The van der Waals surface area contributed by atoms with Crippen molar-refractivity contribution in [3.8, 4) is 11.5 Å². The molecule has 2 unspecified atom stereocenters. The number of benzene rings is 1. The van der Waals surface area contributed by atoms with E-state index < -0.39 is 30.7 Å². The summed E-state index contributed by atoms with van der Waals surface area (Å²) in [6.45, 7) is 12.6. The lowest BCUT2D eigenvalue weighted by atomic mass is 9.68. The Labute approximate surface area is 251 Å². The molecule has 9 heteroatoms. The molecule has 2 aliphatic heterocycles. The van der Waals surface area contributed by atoms with Gasteiger partial charge >= 0.3 is 0 Å². The summed E-state index contributed by atoms with van der Waals surface area (Å²) in [6, 6.07) is 4.44. The van der Waals surface area contributed by atoms with Gasteiger partial charge < -0.3 is 43.7 Å². The Morgan fingerprint density at radius 1 is 0.929 bits per heavy atom. The second-order valence-electron chi connectivity index (χ2n) is 12.5. The van der Waals surface area contributed by atoms with Crippen molar-refractivity contribution in [2.75, 3.05) is 39.6 Å². The first-order chi connectivity index (χ1) is 20.1. The highest BCUT2D eigenvalue weighted by Crippen LogP contribution is 2.53. The third kappa shape index (κ3) is 8.25. The molecule has 2 heterocycles. The molecule has 0 aromatic heterocycles. The highest BCUT2D eigenvalue weighted by Gasteiger charge is 2.45. The predicted octanol–water partition coefficient (Wildman–Crippen LogP) is 4.29. The van der Waals surface area contributed by atoms with Crippen molar-refractivity contribution in [2.24, 2.45) is 5.92 Å². The van der Waals surface area contributed by atoms with Crippen molar-refractivity contribution in [3.05, 3.63) is 34.9 Å². The van der Waals surface area contributed by atoms with Gasteiger partial charge in [0.1, 0.15) is 42.0 Å². The SMILES string of the molecule is CCCCCc1cc(OCCOCCOCCO[C@@H]2O[C@@H](C)[C@H](O)[C@@H](O)[C@H]2O)c2c(c1)OC(C)(C)C1CCC(C)=CC21. The van der Waals surface area contributed by atoms with E-state index in [1.165, 1.54) is 29.5 Å². The van der Waals surface area contributed by atoms with E-state index in [0.29, 0.717) is 32.3 Å². The number of rotatable bonds is 15. The summed E-state index contributed by atoms with van der Waals surface area (Å²) >= 11 is 0. The zero-order valence-electron chi connectivity index (χ0n) is 26.0. The lowest BCUT2D eigenvalue weighted by Crippen LogP contribution is -2.57. The van der Waals surface area contributed by atoms with Gasteiger partial charge in [0.05, 0.1) is 39.1 Å². The van der Waals surface area contributed by atoms with Crippen molar-refractivity contribution in [2.45, 2.75) is 115 Å². The number of unbranched alkanes of at least 4 members (excludes halogenated alkanes) is 2. The zero-order valence-corrected chi connectivity index (χ0v) is 26.0. The lowest BCUT2D eigenvalue weighted by molar-refractivity contribution is -0.294. The fourth-order valence-electron chi connectivity index (χ4n) is 6.31. The Bertz CT molecular complexity index is 1030. The maximum absolute atomic E-state index is 10.0. The Hall–Kier alpha value is -1.72. The molecule has 7 atom stereocenters. The average molecular weight is 593 g/mol. The zero-order chi connectivity index (χ0) is 30.3. The van der Waals surface area contributed by atoms with Gasteiger partial charge in [0.2, 0.25) is 0 Å². The number of allylic oxidation sites excluding steroid dienone is 2. The lowest BCUT2D eigenvalue weighted by Gasteiger charge is -2.46. The van der Waals surface area contributed by atoms with E-state index in [4.69, 9.17) is 28.4 Å². The molecule has 1 saturated heterocycles. The topological polar surface area (TPSA) is 116 Å². The van der Waals surface area contributed by atoms with E-state index in [-0.39, 0.29) is 24.7 Å². The van der Waals surface area contributed by atoms with Gasteiger partial charge in [-0.1, -0.05) is 31.4 Å². The van der Waals surface area contributed by atoms with Gasteiger partial charge in [-0.05, 0) is 71.1 Å². The molecule has 1 aliphatic carbocycles. The van der Waals surface area contributed by atoms with E-state index in [1.807, 2.05) is 0 Å². The summed E-state index contributed by atoms with van der Waals surface area (Å²) < 4.78 is 35.2. The van der Waals surface area contributed by atoms with Crippen molar-refractivity contribution in [1.29, 1.82) is 0 Å². The average Bonchev–Trinajstić information content (AvgIpc) is 2.94. The highest BCUT2D eigenvalue weighted by atomic mass is 16.7. The van der Waals surface area contributed by atoms with E-state index in [2.05, 4.69) is 45.9 Å². The molecule has 0 radical (unpaired) electrons. The fraction of sp³-hybridized carbons (Fsp3) is 0.758. The molecular weight excluding hydrogens is 540 g/mol. The summed E-state index contributed by atoms with van der Waals surface area (Å²) in [5.74, 6) is 2.56. The van der Waals surface area contributed by atoms with Crippen LogP contribution in [0, 0.1) is 5.92 Å². The van der Waals surface area contributed by atoms with Crippen LogP contribution >= 0.6 is 0 Å². The van der Waals surface area contributed by atoms with E-state index in [1.54, 1.807) is 6.92 Å². The minimum Gasteiger partial charge on any atom is -0.491 e. The summed E-state index contributed by atoms with van der Waals surface area (Å²) in [5, 5.41) is 29.6. The molecule has 1 fully saturated rings. The van der Waals surface area contributed by atoms with Crippen LogP contribution in [0.15, 0.2) is 23.8 Å². The quantitative estimate of drug-likeness (QED) is 0.203. The normalized spacial score (nSPS) is 30.2. The first kappa shape index (κ1) is 33.2. The second kappa shape index (κ2) is 15.3. The van der Waals surface area contributed by atoms with Crippen LogP contribution in [0.25, 0.3) is 0 Å². The Morgan fingerprint density at radius 2 is 1.64 bits per heavy atom. The van der Waals surface area contributed by atoms with Gasteiger partial charge in [-0.3, -0.25) is 0 Å². The minimum atomic E-state index is -1.32. The Kier molecular flexibility index (Phi) is 12.1. The molecule has 4 rings (SSSR count). The third-order valence-corrected chi connectivity index (χ3v) is 8.75. The number of hydrogen-bond acceptors (Lipinski definition) is 9. The van der Waals surface area contributed by atoms with Crippen molar-refractivity contribution in [3.63, 3.8) is 0 Å². The van der Waals surface area contributed by atoms with Crippen LogP contribution in [0.3, 0.4) is 0 Å². The Balaban J connectivity index is 1.24. The van der Waals surface area contributed by atoms with Crippen LogP contribution in [0.2, 0.25) is 0 Å². The number of ether oxygens (including phenoxy) is 6. The predicted molar refractivity (Wildman–Crippen MR) is 159 cm³/mol. The third-order valence-electron chi connectivity index (χ3n) is 8.75. The second-order valence-corrected chi connectivity index (χ2v) is 12.5. The van der Waals surface area contributed by atoms with Gasteiger partial charge in [0, 0.05) is 17.4 Å². The van der Waals surface area contributed by atoms with Crippen molar-refractivity contribution < 1.29 is 43.7 Å². The fourth-order valence-corrected chi connectivity index (χ4v) is 6.31. The monoisotopic (exact) mass is 592 g/mol. The van der Waals surface area contributed by atoms with Gasteiger partial charge in [-0.2, -0.15) is 0 Å². The summed E-state index contributed by atoms with van der Waals surface area (Å²) in [6.07, 6.45) is 3.78.